The van der Waals surface area contributed by atoms with Crippen molar-refractivity contribution in [1.82, 2.24) is 9.80 Å². The van der Waals surface area contributed by atoms with E-state index in [0.717, 1.165) is 26.2 Å². The van der Waals surface area contributed by atoms with Crippen molar-refractivity contribution in [3.05, 3.63) is 0 Å². The average molecular weight is 230 g/mol. The van der Waals surface area contributed by atoms with E-state index in [4.69, 9.17) is 4.74 Å². The van der Waals surface area contributed by atoms with Crippen LogP contribution in [0.25, 0.3) is 0 Å². The lowest BCUT2D eigenvalue weighted by atomic mass is 10.3. The number of hydrogen-bond acceptors (Lipinski definition) is 4. The minimum atomic E-state index is -0.159. The Balaban J connectivity index is 4.08. The summed E-state index contributed by atoms with van der Waals surface area (Å²) in [5.74, 6) is -0.159. The van der Waals surface area contributed by atoms with E-state index in [-0.39, 0.29) is 5.97 Å². The van der Waals surface area contributed by atoms with E-state index in [2.05, 4.69) is 37.5 Å². The predicted molar refractivity (Wildman–Crippen MR) is 66.5 cm³/mol. The fourth-order valence-electron chi connectivity index (χ4n) is 1.56. The number of ether oxygens (including phenoxy) is 1. The van der Waals surface area contributed by atoms with Crippen LogP contribution >= 0.6 is 0 Å². The van der Waals surface area contributed by atoms with Gasteiger partial charge < -0.3 is 9.64 Å². The van der Waals surface area contributed by atoms with Gasteiger partial charge in [-0.05, 0) is 26.9 Å². The second-order valence-corrected chi connectivity index (χ2v) is 4.17. The van der Waals surface area contributed by atoms with E-state index < -0.39 is 0 Å². The summed E-state index contributed by atoms with van der Waals surface area (Å²) in [6, 6.07) is 0.370. The third-order valence-corrected chi connectivity index (χ3v) is 2.89. The molecule has 0 unspecified atom stereocenters. The molecule has 0 aliphatic rings. The van der Waals surface area contributed by atoms with Crippen LogP contribution in [0.5, 0.6) is 0 Å². The molecule has 0 saturated carbocycles. The van der Waals surface area contributed by atoms with Gasteiger partial charge in [-0.1, -0.05) is 13.8 Å². The molecular formula is C12H26N2O2. The number of rotatable bonds is 8. The zero-order chi connectivity index (χ0) is 12.6. The van der Waals surface area contributed by atoms with E-state index in [9.17, 15) is 4.79 Å². The first-order valence-electron chi connectivity index (χ1n) is 6.08. The molecule has 16 heavy (non-hydrogen) atoms. The Morgan fingerprint density at radius 3 is 2.12 bits per heavy atom. The van der Waals surface area contributed by atoms with E-state index in [0.29, 0.717) is 12.6 Å². The van der Waals surface area contributed by atoms with Crippen molar-refractivity contribution in [2.75, 3.05) is 39.8 Å². The van der Waals surface area contributed by atoms with Gasteiger partial charge in [0, 0.05) is 19.1 Å². The molecule has 0 aromatic heterocycles. The van der Waals surface area contributed by atoms with Crippen molar-refractivity contribution >= 4 is 5.97 Å². The van der Waals surface area contributed by atoms with Gasteiger partial charge in [0.2, 0.25) is 0 Å². The fourth-order valence-corrected chi connectivity index (χ4v) is 1.56. The maximum absolute atomic E-state index is 11.2. The number of methoxy groups -OCH3 is 1. The minimum Gasteiger partial charge on any atom is -0.468 e. The Bertz CT molecular complexity index is 191. The molecule has 4 nitrogen and oxygen atoms in total. The summed E-state index contributed by atoms with van der Waals surface area (Å²) in [7, 11) is 1.44. The largest absolute Gasteiger partial charge is 0.468 e. The van der Waals surface area contributed by atoms with Crippen LogP contribution in [0.4, 0.5) is 0 Å². The van der Waals surface area contributed by atoms with Crippen molar-refractivity contribution in [1.29, 1.82) is 0 Å². The third kappa shape index (κ3) is 6.08. The Labute approximate surface area is 99.5 Å². The second kappa shape index (κ2) is 8.53. The first-order chi connectivity index (χ1) is 7.54. The maximum atomic E-state index is 11.2. The Hall–Kier alpha value is -0.610. The molecule has 0 heterocycles. The van der Waals surface area contributed by atoms with Gasteiger partial charge in [-0.25, -0.2) is 0 Å². The summed E-state index contributed by atoms with van der Waals surface area (Å²) in [5.41, 5.74) is 0. The van der Waals surface area contributed by atoms with Crippen molar-refractivity contribution < 1.29 is 9.53 Å². The summed E-state index contributed by atoms with van der Waals surface area (Å²) in [5, 5.41) is 0. The van der Waals surface area contributed by atoms with Gasteiger partial charge in [0.15, 0.2) is 0 Å². The van der Waals surface area contributed by atoms with Crippen LogP contribution in [-0.4, -0.2) is 61.6 Å². The van der Waals surface area contributed by atoms with Crippen molar-refractivity contribution in [3.63, 3.8) is 0 Å². The fraction of sp³-hybridized carbons (Fsp3) is 0.917. The van der Waals surface area contributed by atoms with E-state index in [1.807, 2.05) is 0 Å². The molecule has 0 aromatic rings. The van der Waals surface area contributed by atoms with E-state index in [1.165, 1.54) is 7.11 Å². The average Bonchev–Trinajstić information content (AvgIpc) is 2.28. The molecule has 0 aliphatic heterocycles. The summed E-state index contributed by atoms with van der Waals surface area (Å²) >= 11 is 0. The van der Waals surface area contributed by atoms with Crippen LogP contribution in [0, 0.1) is 0 Å². The highest BCUT2D eigenvalue weighted by molar-refractivity contribution is 5.71. The highest BCUT2D eigenvalue weighted by Gasteiger charge is 2.14. The number of carbonyl (C=O) groups is 1. The van der Waals surface area contributed by atoms with Gasteiger partial charge >= 0.3 is 5.97 Å². The van der Waals surface area contributed by atoms with Gasteiger partial charge in [0.1, 0.15) is 0 Å². The molecule has 0 aromatic carbocycles. The quantitative estimate of drug-likeness (QED) is 0.587. The van der Waals surface area contributed by atoms with Crippen LogP contribution in [0.2, 0.25) is 0 Å². The lowest BCUT2D eigenvalue weighted by Crippen LogP contribution is -2.41. The minimum absolute atomic E-state index is 0.159. The van der Waals surface area contributed by atoms with E-state index in [1.54, 1.807) is 0 Å². The van der Waals surface area contributed by atoms with Gasteiger partial charge in [-0.3, -0.25) is 9.69 Å². The van der Waals surface area contributed by atoms with Crippen molar-refractivity contribution in [2.45, 2.75) is 33.7 Å². The Morgan fingerprint density at radius 2 is 1.75 bits per heavy atom. The molecule has 0 rings (SSSR count). The van der Waals surface area contributed by atoms with Crippen LogP contribution < -0.4 is 0 Å². The Morgan fingerprint density at radius 1 is 1.19 bits per heavy atom. The Kier molecular flexibility index (Phi) is 8.21. The molecule has 0 fully saturated rings. The highest BCUT2D eigenvalue weighted by Crippen LogP contribution is 1.99. The number of esters is 1. The molecular weight excluding hydrogens is 204 g/mol. The molecule has 0 amide bonds. The number of hydrogen-bond donors (Lipinski definition) is 0. The molecule has 0 bridgehead atoms. The topological polar surface area (TPSA) is 32.8 Å². The molecule has 0 N–H and O–H groups in total. The van der Waals surface area contributed by atoms with Gasteiger partial charge in [0.05, 0.1) is 13.7 Å². The lowest BCUT2D eigenvalue weighted by molar-refractivity contribution is -0.142. The molecule has 96 valence electrons. The zero-order valence-corrected chi connectivity index (χ0v) is 11.3. The summed E-state index contributed by atoms with van der Waals surface area (Å²) in [4.78, 5) is 15.7. The molecule has 0 saturated heterocycles. The third-order valence-electron chi connectivity index (χ3n) is 2.89. The smallest absolute Gasteiger partial charge is 0.319 e. The molecule has 0 atom stereocenters. The maximum Gasteiger partial charge on any atom is 0.319 e. The summed E-state index contributed by atoms with van der Waals surface area (Å²) < 4.78 is 4.70. The normalized spacial score (nSPS) is 11.5. The van der Waals surface area contributed by atoms with Crippen LogP contribution in [0.1, 0.15) is 27.7 Å². The monoisotopic (exact) mass is 230 g/mol. The summed E-state index contributed by atoms with van der Waals surface area (Å²) in [6.45, 7) is 12.9. The highest BCUT2D eigenvalue weighted by atomic mass is 16.5. The first kappa shape index (κ1) is 15.4. The predicted octanol–water partition coefficient (Wildman–Crippen LogP) is 1.21. The number of nitrogens with zero attached hydrogens (tertiary/aromatic N) is 2. The van der Waals surface area contributed by atoms with E-state index >= 15 is 0 Å². The van der Waals surface area contributed by atoms with Gasteiger partial charge in [0.25, 0.3) is 0 Å². The second-order valence-electron chi connectivity index (χ2n) is 4.17. The summed E-state index contributed by atoms with van der Waals surface area (Å²) in [6.07, 6.45) is 0. The molecule has 4 heteroatoms. The molecule has 0 aliphatic carbocycles. The first-order valence-corrected chi connectivity index (χ1v) is 6.08. The van der Waals surface area contributed by atoms with Gasteiger partial charge in [-0.15, -0.1) is 0 Å². The van der Waals surface area contributed by atoms with Crippen LogP contribution in [0.15, 0.2) is 0 Å². The zero-order valence-electron chi connectivity index (χ0n) is 11.3. The van der Waals surface area contributed by atoms with Crippen molar-refractivity contribution in [3.8, 4) is 0 Å². The number of likely N-dealkylation sites (N-methyl/N-ethyl adjacent to an activating group) is 1. The lowest BCUT2D eigenvalue weighted by Gasteiger charge is -2.28. The molecule has 0 spiro atoms. The van der Waals surface area contributed by atoms with Crippen LogP contribution in [0.3, 0.4) is 0 Å². The van der Waals surface area contributed by atoms with Crippen molar-refractivity contribution in [2.24, 2.45) is 0 Å². The van der Waals surface area contributed by atoms with Crippen LogP contribution in [-0.2, 0) is 9.53 Å². The standard InChI is InChI=1S/C12H26N2O2/c1-6-13(7-2)8-9-14(11(3)4)10-12(15)16-5/h11H,6-10H2,1-5H3. The number of carbonyl (C=O) groups excluding carboxylic acids is 1. The molecule has 0 radical (unpaired) electrons. The SMILES string of the molecule is CCN(CC)CCN(CC(=O)OC)C(C)C. The van der Waals surface area contributed by atoms with Gasteiger partial charge in [-0.2, -0.15) is 0 Å².